The first-order chi connectivity index (χ1) is 15.2. The van der Waals surface area contributed by atoms with Crippen molar-refractivity contribution in [3.05, 3.63) is 103 Å². The Morgan fingerprint density at radius 1 is 0.903 bits per heavy atom. The topological polar surface area (TPSA) is 70.7 Å². The SMILES string of the molecule is O=C(Nc1cnccc1-c1ccccc1F)c1c[nH]c2ncc(-c3ccccc3)cc12. The molecule has 0 fully saturated rings. The van der Waals surface area contributed by atoms with Crippen molar-refractivity contribution < 1.29 is 9.18 Å². The highest BCUT2D eigenvalue weighted by molar-refractivity contribution is 6.13. The van der Waals surface area contributed by atoms with E-state index in [4.69, 9.17) is 0 Å². The van der Waals surface area contributed by atoms with Crippen LogP contribution in [-0.2, 0) is 0 Å². The zero-order valence-corrected chi connectivity index (χ0v) is 16.3. The molecule has 3 heterocycles. The summed E-state index contributed by atoms with van der Waals surface area (Å²) >= 11 is 0. The molecule has 1 amide bonds. The fraction of sp³-hybridized carbons (Fsp3) is 0. The van der Waals surface area contributed by atoms with Crippen LogP contribution in [0, 0.1) is 5.82 Å². The van der Waals surface area contributed by atoms with Crippen molar-refractivity contribution in [2.75, 3.05) is 5.32 Å². The van der Waals surface area contributed by atoms with Crippen LogP contribution in [0.4, 0.5) is 10.1 Å². The Kier molecular flexibility index (Phi) is 4.72. The normalized spacial score (nSPS) is 10.9. The number of benzene rings is 2. The maximum atomic E-state index is 14.3. The van der Waals surface area contributed by atoms with Crippen LogP contribution in [0.1, 0.15) is 10.4 Å². The second-order valence-electron chi connectivity index (χ2n) is 7.04. The molecule has 0 saturated carbocycles. The molecule has 0 aliphatic heterocycles. The van der Waals surface area contributed by atoms with Gasteiger partial charge in [-0.25, -0.2) is 9.37 Å². The van der Waals surface area contributed by atoms with Crippen molar-refractivity contribution >= 4 is 22.6 Å². The van der Waals surface area contributed by atoms with Gasteiger partial charge in [0.1, 0.15) is 11.5 Å². The predicted molar refractivity (Wildman–Crippen MR) is 119 cm³/mol. The fourth-order valence-corrected chi connectivity index (χ4v) is 3.58. The summed E-state index contributed by atoms with van der Waals surface area (Å²) in [5.41, 5.74) is 4.37. The van der Waals surface area contributed by atoms with Gasteiger partial charge in [-0.05, 0) is 23.8 Å². The minimum Gasteiger partial charge on any atom is -0.345 e. The van der Waals surface area contributed by atoms with Gasteiger partial charge < -0.3 is 10.3 Å². The van der Waals surface area contributed by atoms with Crippen LogP contribution in [0.15, 0.2) is 91.5 Å². The molecule has 150 valence electrons. The number of rotatable bonds is 4. The third-order valence-electron chi connectivity index (χ3n) is 5.12. The Balaban J connectivity index is 1.52. The summed E-state index contributed by atoms with van der Waals surface area (Å²) < 4.78 is 14.3. The molecule has 0 aliphatic carbocycles. The summed E-state index contributed by atoms with van der Waals surface area (Å²) in [4.78, 5) is 24.7. The molecule has 6 heteroatoms. The van der Waals surface area contributed by atoms with Gasteiger partial charge in [0.05, 0.1) is 17.4 Å². The third-order valence-corrected chi connectivity index (χ3v) is 5.12. The number of fused-ring (bicyclic) bond motifs is 1. The number of pyridine rings is 2. The van der Waals surface area contributed by atoms with Crippen LogP contribution in [-0.4, -0.2) is 20.9 Å². The molecule has 0 atom stereocenters. The monoisotopic (exact) mass is 408 g/mol. The quantitative estimate of drug-likeness (QED) is 0.402. The molecule has 5 aromatic rings. The van der Waals surface area contributed by atoms with Crippen LogP contribution >= 0.6 is 0 Å². The summed E-state index contributed by atoms with van der Waals surface area (Å²) in [6, 6.07) is 19.9. The van der Waals surface area contributed by atoms with Crippen LogP contribution in [0.3, 0.4) is 0 Å². The van der Waals surface area contributed by atoms with Crippen molar-refractivity contribution in [3.63, 3.8) is 0 Å². The first kappa shape index (κ1) is 18.7. The molecule has 0 spiro atoms. The van der Waals surface area contributed by atoms with Crippen molar-refractivity contribution in [2.24, 2.45) is 0 Å². The number of aromatic amines is 1. The van der Waals surface area contributed by atoms with Crippen LogP contribution in [0.5, 0.6) is 0 Å². The Morgan fingerprint density at radius 3 is 2.55 bits per heavy atom. The minimum absolute atomic E-state index is 0.330. The number of amides is 1. The number of carbonyl (C=O) groups excluding carboxylic acids is 1. The van der Waals surface area contributed by atoms with E-state index in [0.29, 0.717) is 33.4 Å². The van der Waals surface area contributed by atoms with Gasteiger partial charge in [0.25, 0.3) is 5.91 Å². The highest BCUT2D eigenvalue weighted by Crippen LogP contribution is 2.30. The van der Waals surface area contributed by atoms with E-state index in [1.165, 1.54) is 12.3 Å². The van der Waals surface area contributed by atoms with Gasteiger partial charge in [0, 0.05) is 40.7 Å². The third kappa shape index (κ3) is 3.55. The van der Waals surface area contributed by atoms with E-state index in [1.54, 1.807) is 42.9 Å². The molecule has 31 heavy (non-hydrogen) atoms. The van der Waals surface area contributed by atoms with E-state index >= 15 is 0 Å². The molecule has 0 unspecified atom stereocenters. The van der Waals surface area contributed by atoms with E-state index < -0.39 is 0 Å². The van der Waals surface area contributed by atoms with E-state index in [0.717, 1.165) is 11.1 Å². The summed E-state index contributed by atoms with van der Waals surface area (Å²) in [7, 11) is 0. The summed E-state index contributed by atoms with van der Waals surface area (Å²) in [5, 5.41) is 3.58. The van der Waals surface area contributed by atoms with Crippen molar-refractivity contribution in [1.82, 2.24) is 15.0 Å². The summed E-state index contributed by atoms with van der Waals surface area (Å²) in [5.74, 6) is -0.697. The lowest BCUT2D eigenvalue weighted by Gasteiger charge is -2.11. The molecule has 5 nitrogen and oxygen atoms in total. The van der Waals surface area contributed by atoms with Crippen molar-refractivity contribution in [2.45, 2.75) is 0 Å². The lowest BCUT2D eigenvalue weighted by molar-refractivity contribution is 0.102. The molecular weight excluding hydrogens is 391 g/mol. The van der Waals surface area contributed by atoms with E-state index in [2.05, 4.69) is 20.3 Å². The standard InChI is InChI=1S/C25H17FN4O/c26-22-9-5-4-8-18(22)19-10-11-27-15-23(19)30-25(31)21-14-29-24-20(21)12-17(13-28-24)16-6-2-1-3-7-16/h1-15H,(H,28,29)(H,30,31). The number of anilines is 1. The maximum absolute atomic E-state index is 14.3. The lowest BCUT2D eigenvalue weighted by atomic mass is 10.0. The molecule has 0 saturated heterocycles. The van der Waals surface area contributed by atoms with Gasteiger partial charge in [-0.15, -0.1) is 0 Å². The van der Waals surface area contributed by atoms with Gasteiger partial charge in [-0.3, -0.25) is 9.78 Å². The highest BCUT2D eigenvalue weighted by Gasteiger charge is 2.17. The molecule has 0 bridgehead atoms. The van der Waals surface area contributed by atoms with Gasteiger partial charge in [0.15, 0.2) is 0 Å². The Labute approximate surface area is 177 Å². The van der Waals surface area contributed by atoms with Gasteiger partial charge >= 0.3 is 0 Å². The lowest BCUT2D eigenvalue weighted by Crippen LogP contribution is -2.12. The zero-order valence-electron chi connectivity index (χ0n) is 16.3. The molecule has 5 rings (SSSR count). The second-order valence-corrected chi connectivity index (χ2v) is 7.04. The van der Waals surface area contributed by atoms with Crippen LogP contribution < -0.4 is 5.32 Å². The molecular formula is C25H17FN4O. The fourth-order valence-electron chi connectivity index (χ4n) is 3.58. The second kappa shape index (κ2) is 7.84. The number of H-pyrrole nitrogens is 1. The number of nitrogens with one attached hydrogen (secondary N) is 2. The summed E-state index contributed by atoms with van der Waals surface area (Å²) in [6.07, 6.45) is 6.48. The predicted octanol–water partition coefficient (Wildman–Crippen LogP) is 5.68. The van der Waals surface area contributed by atoms with Gasteiger partial charge in [-0.2, -0.15) is 0 Å². The number of aromatic nitrogens is 3. The van der Waals surface area contributed by atoms with Crippen molar-refractivity contribution in [3.8, 4) is 22.3 Å². The first-order valence-electron chi connectivity index (χ1n) is 9.73. The van der Waals surface area contributed by atoms with Crippen LogP contribution in [0.2, 0.25) is 0 Å². The molecule has 0 radical (unpaired) electrons. The van der Waals surface area contributed by atoms with Crippen molar-refractivity contribution in [1.29, 1.82) is 0 Å². The zero-order chi connectivity index (χ0) is 21.2. The highest BCUT2D eigenvalue weighted by atomic mass is 19.1. The molecule has 3 aromatic heterocycles. The Hall–Kier alpha value is -4.32. The molecule has 2 aromatic carbocycles. The van der Waals surface area contributed by atoms with Gasteiger partial charge in [0.2, 0.25) is 0 Å². The van der Waals surface area contributed by atoms with E-state index in [1.807, 2.05) is 36.4 Å². The Bertz CT molecular complexity index is 1400. The largest absolute Gasteiger partial charge is 0.345 e. The Morgan fingerprint density at radius 2 is 1.71 bits per heavy atom. The summed E-state index contributed by atoms with van der Waals surface area (Å²) in [6.45, 7) is 0. The smallest absolute Gasteiger partial charge is 0.257 e. The van der Waals surface area contributed by atoms with Crippen LogP contribution in [0.25, 0.3) is 33.3 Å². The number of hydrogen-bond donors (Lipinski definition) is 2. The number of halogens is 1. The number of nitrogens with zero attached hydrogens (tertiary/aromatic N) is 2. The number of hydrogen-bond acceptors (Lipinski definition) is 3. The molecule has 0 aliphatic rings. The van der Waals surface area contributed by atoms with E-state index in [9.17, 15) is 9.18 Å². The maximum Gasteiger partial charge on any atom is 0.257 e. The number of carbonyl (C=O) groups is 1. The molecule has 2 N–H and O–H groups in total. The average Bonchev–Trinajstić information content (AvgIpc) is 3.24. The minimum atomic E-state index is -0.368. The van der Waals surface area contributed by atoms with E-state index in [-0.39, 0.29) is 11.7 Å². The first-order valence-corrected chi connectivity index (χ1v) is 9.73. The average molecular weight is 408 g/mol. The van der Waals surface area contributed by atoms with Gasteiger partial charge in [-0.1, -0.05) is 48.5 Å².